The van der Waals surface area contributed by atoms with Gasteiger partial charge in [-0.25, -0.2) is 4.79 Å². The number of hydrogen-bond donors (Lipinski definition) is 2. The van der Waals surface area contributed by atoms with E-state index < -0.39 is 5.97 Å². The number of hydrogen-bond acceptors (Lipinski definition) is 3. The molecule has 0 aliphatic carbocycles. The van der Waals surface area contributed by atoms with Crippen LogP contribution >= 0.6 is 12.4 Å². The van der Waals surface area contributed by atoms with Gasteiger partial charge in [0.25, 0.3) is 0 Å². The van der Waals surface area contributed by atoms with E-state index in [0.29, 0.717) is 12.3 Å². The maximum atomic E-state index is 10.7. The van der Waals surface area contributed by atoms with E-state index in [-0.39, 0.29) is 23.6 Å². The van der Waals surface area contributed by atoms with Crippen molar-refractivity contribution in [3.63, 3.8) is 0 Å². The van der Waals surface area contributed by atoms with Crippen LogP contribution in [-0.2, 0) is 12.0 Å². The van der Waals surface area contributed by atoms with Gasteiger partial charge in [0, 0.05) is 17.5 Å². The molecule has 3 N–H and O–H groups in total. The summed E-state index contributed by atoms with van der Waals surface area (Å²) < 4.78 is 5.25. The quantitative estimate of drug-likeness (QED) is 0.821. The molecule has 5 heteroatoms. The molecule has 0 aliphatic rings. The minimum absolute atomic E-state index is 0. The van der Waals surface area contributed by atoms with Gasteiger partial charge in [0.2, 0.25) is 5.76 Å². The number of halogens is 1. The van der Waals surface area contributed by atoms with Gasteiger partial charge in [0.1, 0.15) is 5.76 Å². The van der Waals surface area contributed by atoms with Crippen molar-refractivity contribution in [2.24, 2.45) is 5.73 Å². The van der Waals surface area contributed by atoms with Gasteiger partial charge < -0.3 is 15.3 Å². The number of carboxylic acid groups (broad SMARTS) is 1. The number of furan rings is 1. The topological polar surface area (TPSA) is 76.5 Å². The minimum Gasteiger partial charge on any atom is -0.475 e. The number of nitrogens with two attached hydrogens (primary N) is 1. The first-order valence-corrected chi connectivity index (χ1v) is 4.43. The zero-order valence-electron chi connectivity index (χ0n) is 9.03. The van der Waals surface area contributed by atoms with Gasteiger partial charge in [0.05, 0.1) is 0 Å². The van der Waals surface area contributed by atoms with Gasteiger partial charge in [-0.3, -0.25) is 0 Å². The molecule has 1 rings (SSSR count). The van der Waals surface area contributed by atoms with Crippen LogP contribution < -0.4 is 5.73 Å². The second-order valence-corrected chi connectivity index (χ2v) is 4.22. The van der Waals surface area contributed by atoms with Crippen molar-refractivity contribution in [2.75, 3.05) is 0 Å². The SMILES string of the molecule is CC(C)(C)c1oc(C(=O)O)cc1CN.Cl. The first-order chi connectivity index (χ1) is 6.36. The molecule has 0 radical (unpaired) electrons. The predicted molar refractivity (Wildman–Crippen MR) is 59.5 cm³/mol. The van der Waals surface area contributed by atoms with Crippen LogP contribution in [0.25, 0.3) is 0 Å². The van der Waals surface area contributed by atoms with E-state index >= 15 is 0 Å². The number of rotatable bonds is 2. The molecule has 1 heterocycles. The molecule has 0 saturated carbocycles. The summed E-state index contributed by atoms with van der Waals surface area (Å²) in [5, 5.41) is 8.75. The Hall–Kier alpha value is -1.00. The molecule has 0 aliphatic heterocycles. The highest BCUT2D eigenvalue weighted by Gasteiger charge is 2.24. The molecule has 0 unspecified atom stereocenters. The highest BCUT2D eigenvalue weighted by Crippen LogP contribution is 2.28. The van der Waals surface area contributed by atoms with Gasteiger partial charge in [-0.15, -0.1) is 12.4 Å². The molecule has 0 atom stereocenters. The van der Waals surface area contributed by atoms with Crippen LogP contribution in [0.5, 0.6) is 0 Å². The zero-order chi connectivity index (χ0) is 10.9. The fourth-order valence-electron chi connectivity index (χ4n) is 1.32. The van der Waals surface area contributed by atoms with Crippen LogP contribution in [0, 0.1) is 0 Å². The van der Waals surface area contributed by atoms with E-state index in [1.54, 1.807) is 0 Å². The fraction of sp³-hybridized carbons (Fsp3) is 0.500. The Morgan fingerprint density at radius 3 is 2.33 bits per heavy atom. The largest absolute Gasteiger partial charge is 0.475 e. The Morgan fingerprint density at radius 1 is 1.53 bits per heavy atom. The second kappa shape index (κ2) is 4.68. The lowest BCUT2D eigenvalue weighted by atomic mass is 9.90. The van der Waals surface area contributed by atoms with Gasteiger partial charge in [-0.2, -0.15) is 0 Å². The summed E-state index contributed by atoms with van der Waals surface area (Å²) in [6.45, 7) is 6.16. The van der Waals surface area contributed by atoms with Crippen molar-refractivity contribution in [2.45, 2.75) is 32.7 Å². The fourth-order valence-corrected chi connectivity index (χ4v) is 1.32. The average Bonchev–Trinajstić information content (AvgIpc) is 2.46. The van der Waals surface area contributed by atoms with Gasteiger partial charge in [-0.05, 0) is 6.07 Å². The summed E-state index contributed by atoms with van der Waals surface area (Å²) in [5.74, 6) is -0.456. The van der Waals surface area contributed by atoms with Crippen LogP contribution in [0.4, 0.5) is 0 Å². The molecule has 0 aromatic carbocycles. The second-order valence-electron chi connectivity index (χ2n) is 4.22. The molecule has 0 bridgehead atoms. The predicted octanol–water partition coefficient (Wildman–Crippen LogP) is 2.16. The van der Waals surface area contributed by atoms with Crippen LogP contribution in [0.3, 0.4) is 0 Å². The van der Waals surface area contributed by atoms with Crippen LogP contribution in [0.2, 0.25) is 0 Å². The Balaban J connectivity index is 0.00000196. The molecule has 0 amide bonds. The van der Waals surface area contributed by atoms with Crippen LogP contribution in [-0.4, -0.2) is 11.1 Å². The van der Waals surface area contributed by atoms with E-state index in [2.05, 4.69) is 0 Å². The van der Waals surface area contributed by atoms with E-state index in [0.717, 1.165) is 5.56 Å². The molecule has 15 heavy (non-hydrogen) atoms. The van der Waals surface area contributed by atoms with Gasteiger partial charge >= 0.3 is 5.97 Å². The number of carbonyl (C=O) groups is 1. The average molecular weight is 234 g/mol. The summed E-state index contributed by atoms with van der Waals surface area (Å²) >= 11 is 0. The van der Waals surface area contributed by atoms with Gasteiger partial charge in [-0.1, -0.05) is 20.8 Å². The van der Waals surface area contributed by atoms with Crippen molar-refractivity contribution in [1.82, 2.24) is 0 Å². The van der Waals surface area contributed by atoms with Gasteiger partial charge in [0.15, 0.2) is 0 Å². The van der Waals surface area contributed by atoms with Crippen molar-refractivity contribution in [3.8, 4) is 0 Å². The molecular formula is C10H16ClNO3. The summed E-state index contributed by atoms with van der Waals surface area (Å²) in [6, 6.07) is 1.49. The Morgan fingerprint density at radius 2 is 2.07 bits per heavy atom. The zero-order valence-corrected chi connectivity index (χ0v) is 9.85. The monoisotopic (exact) mass is 233 g/mol. The molecule has 86 valence electrons. The van der Waals surface area contributed by atoms with E-state index in [1.807, 2.05) is 20.8 Å². The Kier molecular flexibility index (Phi) is 4.37. The minimum atomic E-state index is -1.06. The van der Waals surface area contributed by atoms with Crippen molar-refractivity contribution in [3.05, 3.63) is 23.2 Å². The van der Waals surface area contributed by atoms with Crippen molar-refractivity contribution >= 4 is 18.4 Å². The van der Waals surface area contributed by atoms with E-state index in [1.165, 1.54) is 6.07 Å². The van der Waals surface area contributed by atoms with Crippen molar-refractivity contribution < 1.29 is 14.3 Å². The smallest absolute Gasteiger partial charge is 0.371 e. The maximum Gasteiger partial charge on any atom is 0.371 e. The third-order valence-corrected chi connectivity index (χ3v) is 1.92. The number of carboxylic acids is 1. The summed E-state index contributed by atoms with van der Waals surface area (Å²) in [4.78, 5) is 10.7. The third kappa shape index (κ3) is 2.97. The Bertz CT molecular complexity index is 352. The summed E-state index contributed by atoms with van der Waals surface area (Å²) in [7, 11) is 0. The molecular weight excluding hydrogens is 218 g/mol. The summed E-state index contributed by atoms with van der Waals surface area (Å²) in [6.07, 6.45) is 0. The lowest BCUT2D eigenvalue weighted by Crippen LogP contribution is -2.13. The normalized spacial score (nSPS) is 10.9. The number of aromatic carboxylic acids is 1. The summed E-state index contributed by atoms with van der Waals surface area (Å²) in [5.41, 5.74) is 6.05. The first-order valence-electron chi connectivity index (χ1n) is 4.43. The molecule has 0 saturated heterocycles. The van der Waals surface area contributed by atoms with E-state index in [9.17, 15) is 4.79 Å². The molecule has 0 fully saturated rings. The lowest BCUT2D eigenvalue weighted by Gasteiger charge is -2.16. The molecule has 0 spiro atoms. The third-order valence-electron chi connectivity index (χ3n) is 1.92. The highest BCUT2D eigenvalue weighted by molar-refractivity contribution is 5.85. The maximum absolute atomic E-state index is 10.7. The van der Waals surface area contributed by atoms with Crippen LogP contribution in [0.15, 0.2) is 10.5 Å². The van der Waals surface area contributed by atoms with E-state index in [4.69, 9.17) is 15.3 Å². The van der Waals surface area contributed by atoms with Crippen molar-refractivity contribution in [1.29, 1.82) is 0 Å². The Labute approximate surface area is 94.9 Å². The highest BCUT2D eigenvalue weighted by atomic mass is 35.5. The lowest BCUT2D eigenvalue weighted by molar-refractivity contribution is 0.0658. The molecule has 4 nitrogen and oxygen atoms in total. The standard InChI is InChI=1S/C10H15NO3.ClH/c1-10(2,3)8-6(5-11)4-7(14-8)9(12)13;/h4H,5,11H2,1-3H3,(H,12,13);1H. The molecule has 1 aromatic heterocycles. The first kappa shape index (κ1) is 14.0. The van der Waals surface area contributed by atoms with Crippen LogP contribution in [0.1, 0.15) is 42.6 Å². The molecule has 1 aromatic rings.